The van der Waals surface area contributed by atoms with Crippen molar-refractivity contribution in [3.05, 3.63) is 82.6 Å². The van der Waals surface area contributed by atoms with Crippen LogP contribution in [-0.4, -0.2) is 74.6 Å². The standard InChI is InChI=1S/C27H28FN5O5/c28-20-7-5-17(6-8-20)14-29-26(36)23-24(35)27(37)31-25(30-23)21-13-18-3-1-2-4-19(18)15-33(21)22(34)16-32-9-11-38-12-10-32/h1-8,21,35H,9-16H2,(H,29,36)(H,30,31,37). The normalized spacial score (nSPS) is 17.6. The van der Waals surface area contributed by atoms with E-state index in [-0.39, 0.29) is 24.8 Å². The average Bonchev–Trinajstić information content (AvgIpc) is 2.93. The number of benzene rings is 2. The molecular formula is C27H28FN5O5. The molecule has 10 nitrogen and oxygen atoms in total. The molecule has 1 unspecified atom stereocenters. The second-order valence-electron chi connectivity index (χ2n) is 9.31. The zero-order chi connectivity index (χ0) is 26.6. The van der Waals surface area contributed by atoms with E-state index in [1.165, 1.54) is 24.3 Å². The summed E-state index contributed by atoms with van der Waals surface area (Å²) < 4.78 is 18.6. The molecular weight excluding hydrogens is 493 g/mol. The van der Waals surface area contributed by atoms with Gasteiger partial charge in [0.1, 0.15) is 5.82 Å². The highest BCUT2D eigenvalue weighted by atomic mass is 19.1. The molecule has 38 heavy (non-hydrogen) atoms. The van der Waals surface area contributed by atoms with E-state index in [0.717, 1.165) is 11.1 Å². The number of hydrogen-bond donors (Lipinski definition) is 3. The van der Waals surface area contributed by atoms with E-state index in [9.17, 15) is 24.2 Å². The Hall–Kier alpha value is -4.09. The fourth-order valence-corrected chi connectivity index (χ4v) is 4.69. The van der Waals surface area contributed by atoms with Crippen molar-refractivity contribution < 1.29 is 28.9 Å². The van der Waals surface area contributed by atoms with Crippen LogP contribution in [-0.2, 0) is 29.0 Å². The molecule has 3 aromatic rings. The third kappa shape index (κ3) is 5.58. The number of fused-ring (bicyclic) bond motifs is 1. The Morgan fingerprint density at radius 1 is 1.03 bits per heavy atom. The van der Waals surface area contributed by atoms with Gasteiger partial charge >= 0.3 is 0 Å². The van der Waals surface area contributed by atoms with Gasteiger partial charge in [-0.25, -0.2) is 9.37 Å². The lowest BCUT2D eigenvalue weighted by Crippen LogP contribution is -2.47. The zero-order valence-electron chi connectivity index (χ0n) is 20.6. The molecule has 1 fully saturated rings. The number of hydrogen-bond acceptors (Lipinski definition) is 8. The first kappa shape index (κ1) is 25.6. The summed E-state index contributed by atoms with van der Waals surface area (Å²) in [5.41, 5.74) is 2.24. The van der Waals surface area contributed by atoms with E-state index in [1.807, 2.05) is 29.2 Å². The molecule has 2 amide bonds. The van der Waals surface area contributed by atoms with Gasteiger partial charge in [-0.3, -0.25) is 14.5 Å². The molecule has 3 heterocycles. The molecule has 1 aromatic heterocycles. The zero-order valence-corrected chi connectivity index (χ0v) is 20.6. The molecule has 198 valence electrons. The fourth-order valence-electron chi connectivity index (χ4n) is 4.69. The maximum atomic E-state index is 13.5. The summed E-state index contributed by atoms with van der Waals surface area (Å²) in [7, 11) is 0. The van der Waals surface area contributed by atoms with Crippen LogP contribution < -0.4 is 5.32 Å². The van der Waals surface area contributed by atoms with E-state index in [2.05, 4.69) is 15.3 Å². The number of nitrogens with one attached hydrogen (secondary N) is 1. The van der Waals surface area contributed by atoms with E-state index >= 15 is 0 Å². The first-order valence-corrected chi connectivity index (χ1v) is 12.4. The Bertz CT molecular complexity index is 1330. The molecule has 0 radical (unpaired) electrons. The summed E-state index contributed by atoms with van der Waals surface area (Å²) in [6, 6.07) is 12.7. The third-order valence-corrected chi connectivity index (χ3v) is 6.79. The van der Waals surface area contributed by atoms with Crippen molar-refractivity contribution >= 4 is 11.8 Å². The highest BCUT2D eigenvalue weighted by Gasteiger charge is 2.35. The Balaban J connectivity index is 1.42. The van der Waals surface area contributed by atoms with Crippen LogP contribution in [0.1, 0.15) is 39.0 Å². The molecule has 3 N–H and O–H groups in total. The SMILES string of the molecule is O=C(NCc1ccc(F)cc1)c1nc(C2Cc3ccccc3CN2C(=O)CN2CCOCC2)nc(O)c1O. The maximum absolute atomic E-state index is 13.5. The quantitative estimate of drug-likeness (QED) is 0.449. The summed E-state index contributed by atoms with van der Waals surface area (Å²) in [6.07, 6.45) is 0.381. The number of carbonyl (C=O) groups excluding carboxylic acids is 2. The minimum atomic E-state index is -0.757. The molecule has 0 bridgehead atoms. The monoisotopic (exact) mass is 521 g/mol. The number of aromatic nitrogens is 2. The minimum Gasteiger partial charge on any atom is -0.501 e. The van der Waals surface area contributed by atoms with Crippen LogP contribution in [0.4, 0.5) is 4.39 Å². The Morgan fingerprint density at radius 3 is 2.47 bits per heavy atom. The lowest BCUT2D eigenvalue weighted by atomic mass is 9.93. The van der Waals surface area contributed by atoms with Crippen LogP contribution in [0.3, 0.4) is 0 Å². The number of aromatic hydroxyl groups is 2. The second-order valence-corrected chi connectivity index (χ2v) is 9.31. The first-order chi connectivity index (χ1) is 18.4. The van der Waals surface area contributed by atoms with Crippen molar-refractivity contribution in [2.75, 3.05) is 32.8 Å². The van der Waals surface area contributed by atoms with Crippen LogP contribution in [0.25, 0.3) is 0 Å². The lowest BCUT2D eigenvalue weighted by Gasteiger charge is -2.38. The topological polar surface area (TPSA) is 128 Å². The summed E-state index contributed by atoms with van der Waals surface area (Å²) in [5.74, 6) is -2.73. The molecule has 1 atom stereocenters. The number of ether oxygens (including phenoxy) is 1. The second kappa shape index (κ2) is 11.1. The van der Waals surface area contributed by atoms with Crippen LogP contribution in [0.5, 0.6) is 11.6 Å². The predicted molar refractivity (Wildman–Crippen MR) is 134 cm³/mol. The Morgan fingerprint density at radius 2 is 1.74 bits per heavy atom. The number of halogens is 1. The van der Waals surface area contributed by atoms with Crippen molar-refractivity contribution in [2.45, 2.75) is 25.6 Å². The molecule has 0 aliphatic carbocycles. The molecule has 5 rings (SSSR count). The van der Waals surface area contributed by atoms with Crippen molar-refractivity contribution in [3.8, 4) is 11.6 Å². The molecule has 11 heteroatoms. The largest absolute Gasteiger partial charge is 0.501 e. The van der Waals surface area contributed by atoms with Gasteiger partial charge in [-0.05, 0) is 28.8 Å². The van der Waals surface area contributed by atoms with Crippen LogP contribution in [0, 0.1) is 5.82 Å². The van der Waals surface area contributed by atoms with E-state index in [4.69, 9.17) is 4.74 Å². The Kier molecular flexibility index (Phi) is 7.47. The van der Waals surface area contributed by atoms with Crippen LogP contribution >= 0.6 is 0 Å². The van der Waals surface area contributed by atoms with Gasteiger partial charge in [0.15, 0.2) is 11.5 Å². The molecule has 2 aliphatic rings. The number of rotatable bonds is 6. The third-order valence-electron chi connectivity index (χ3n) is 6.79. The van der Waals surface area contributed by atoms with E-state index in [1.54, 1.807) is 4.90 Å². The molecule has 0 saturated carbocycles. The summed E-state index contributed by atoms with van der Waals surface area (Å²) in [6.45, 7) is 2.99. The van der Waals surface area contributed by atoms with Crippen LogP contribution in [0.15, 0.2) is 48.5 Å². The van der Waals surface area contributed by atoms with Gasteiger partial charge in [0.05, 0.1) is 25.8 Å². The molecule has 0 spiro atoms. The van der Waals surface area contributed by atoms with Crippen LogP contribution in [0.2, 0.25) is 0 Å². The molecule has 2 aliphatic heterocycles. The van der Waals surface area contributed by atoms with Crippen molar-refractivity contribution in [1.29, 1.82) is 0 Å². The predicted octanol–water partition coefficient (Wildman–Crippen LogP) is 1.92. The number of morpholine rings is 1. The van der Waals surface area contributed by atoms with Gasteiger partial charge in [0.2, 0.25) is 11.7 Å². The number of carbonyl (C=O) groups is 2. The van der Waals surface area contributed by atoms with Gasteiger partial charge in [-0.1, -0.05) is 36.4 Å². The van der Waals surface area contributed by atoms with Gasteiger partial charge in [-0.15, -0.1) is 0 Å². The molecule has 1 saturated heterocycles. The molecule has 2 aromatic carbocycles. The van der Waals surface area contributed by atoms with Crippen molar-refractivity contribution in [3.63, 3.8) is 0 Å². The smallest absolute Gasteiger partial charge is 0.274 e. The summed E-state index contributed by atoms with van der Waals surface area (Å²) in [5, 5.41) is 23.4. The average molecular weight is 522 g/mol. The highest BCUT2D eigenvalue weighted by molar-refractivity contribution is 5.95. The number of nitrogens with zero attached hydrogens (tertiary/aromatic N) is 4. The van der Waals surface area contributed by atoms with Gasteiger partial charge < -0.3 is 25.2 Å². The Labute approximate surface area is 218 Å². The van der Waals surface area contributed by atoms with Gasteiger partial charge in [-0.2, -0.15) is 4.98 Å². The van der Waals surface area contributed by atoms with Crippen molar-refractivity contribution in [2.24, 2.45) is 0 Å². The minimum absolute atomic E-state index is 0.0528. The van der Waals surface area contributed by atoms with E-state index in [0.29, 0.717) is 44.8 Å². The van der Waals surface area contributed by atoms with Gasteiger partial charge in [0.25, 0.3) is 11.8 Å². The number of amides is 2. The summed E-state index contributed by atoms with van der Waals surface area (Å²) in [4.78, 5) is 38.5. The maximum Gasteiger partial charge on any atom is 0.274 e. The fraction of sp³-hybridized carbons (Fsp3) is 0.333. The van der Waals surface area contributed by atoms with E-state index < -0.39 is 35.1 Å². The van der Waals surface area contributed by atoms with Gasteiger partial charge in [0, 0.05) is 32.6 Å². The summed E-state index contributed by atoms with van der Waals surface area (Å²) >= 11 is 0. The lowest BCUT2D eigenvalue weighted by molar-refractivity contribution is -0.137. The van der Waals surface area contributed by atoms with Crippen molar-refractivity contribution in [1.82, 2.24) is 25.1 Å². The highest BCUT2D eigenvalue weighted by Crippen LogP contribution is 2.35. The first-order valence-electron chi connectivity index (χ1n) is 12.4.